The van der Waals surface area contributed by atoms with Crippen molar-refractivity contribution in [3.05, 3.63) is 0 Å². The predicted octanol–water partition coefficient (Wildman–Crippen LogP) is 0.529. The molecule has 0 aliphatic carbocycles. The Labute approximate surface area is 57.0 Å². The molecule has 0 saturated carbocycles. The van der Waals surface area contributed by atoms with Gasteiger partial charge in [0.05, 0.1) is 5.60 Å². The standard InChI is InChI=1S/C7H13NO/c1-2-7(9-5-1)3-4-8-6-7/h8H,1-6H2/i/hD. The molecule has 52 valence electrons. The first-order valence-corrected chi connectivity index (χ1v) is 3.69. The van der Waals surface area contributed by atoms with Crippen LogP contribution in [0.3, 0.4) is 0 Å². The van der Waals surface area contributed by atoms with Crippen molar-refractivity contribution in [2.75, 3.05) is 19.7 Å². The van der Waals surface area contributed by atoms with Crippen LogP contribution in [0.4, 0.5) is 0 Å². The molecule has 2 fully saturated rings. The van der Waals surface area contributed by atoms with Gasteiger partial charge in [-0.15, -0.1) is 0 Å². The second kappa shape index (κ2) is 1.96. The Kier molecular flexibility index (Phi) is 1.02. The Hall–Kier alpha value is -0.0800. The summed E-state index contributed by atoms with van der Waals surface area (Å²) in [4.78, 5) is 0. The van der Waals surface area contributed by atoms with Gasteiger partial charge in [-0.1, -0.05) is 0 Å². The molecule has 0 aromatic carbocycles. The van der Waals surface area contributed by atoms with E-state index in [2.05, 4.69) is 0 Å². The van der Waals surface area contributed by atoms with Crippen molar-refractivity contribution in [1.29, 1.82) is 0 Å². The predicted molar refractivity (Wildman–Crippen MR) is 35.4 cm³/mol. The molecule has 1 atom stereocenters. The third kappa shape index (κ3) is 0.864. The first kappa shape index (κ1) is 4.69. The molecule has 0 amide bonds. The minimum atomic E-state index is 0.0990. The zero-order chi connectivity index (χ0) is 7.03. The SMILES string of the molecule is [2H]N1CCC2(CCCO2)C1. The third-order valence-electron chi connectivity index (χ3n) is 2.31. The van der Waals surface area contributed by atoms with Gasteiger partial charge in [0.15, 0.2) is 0 Å². The zero-order valence-corrected chi connectivity index (χ0v) is 5.60. The molecule has 2 aliphatic rings. The van der Waals surface area contributed by atoms with Crippen LogP contribution in [-0.4, -0.2) is 25.3 Å². The van der Waals surface area contributed by atoms with Crippen molar-refractivity contribution in [3.8, 4) is 0 Å². The Balaban J connectivity index is 2.03. The molecule has 2 aliphatic heterocycles. The third-order valence-corrected chi connectivity index (χ3v) is 2.31. The van der Waals surface area contributed by atoms with Gasteiger partial charge in [0.2, 0.25) is 0 Å². The Morgan fingerprint density at radius 3 is 3.11 bits per heavy atom. The zero-order valence-electron chi connectivity index (χ0n) is 6.60. The fourth-order valence-electron chi connectivity index (χ4n) is 1.72. The average molecular weight is 128 g/mol. The number of hydrogen-bond acceptors (Lipinski definition) is 2. The summed E-state index contributed by atoms with van der Waals surface area (Å²) in [6, 6.07) is 0. The van der Waals surface area contributed by atoms with Gasteiger partial charge in [-0.3, -0.25) is 0 Å². The van der Waals surface area contributed by atoms with Crippen LogP contribution in [0.15, 0.2) is 0 Å². The maximum absolute atomic E-state index is 7.38. The number of nitrogens with one attached hydrogen (secondary N) is 1. The van der Waals surface area contributed by atoms with Crippen molar-refractivity contribution in [2.45, 2.75) is 24.9 Å². The Morgan fingerprint density at radius 1 is 1.56 bits per heavy atom. The van der Waals surface area contributed by atoms with Crippen LogP contribution in [0.25, 0.3) is 0 Å². The maximum atomic E-state index is 7.38. The highest BCUT2D eigenvalue weighted by molar-refractivity contribution is 4.92. The monoisotopic (exact) mass is 128 g/mol. The van der Waals surface area contributed by atoms with Crippen LogP contribution in [0.5, 0.6) is 0 Å². The Morgan fingerprint density at radius 2 is 2.56 bits per heavy atom. The van der Waals surface area contributed by atoms with Gasteiger partial charge in [-0.25, -0.2) is 0 Å². The van der Waals surface area contributed by atoms with Crippen molar-refractivity contribution in [1.82, 2.24) is 5.31 Å². The van der Waals surface area contributed by atoms with Crippen molar-refractivity contribution in [2.24, 2.45) is 0 Å². The quantitative estimate of drug-likeness (QED) is 0.514. The van der Waals surface area contributed by atoms with Crippen LogP contribution in [0.2, 0.25) is 1.41 Å². The van der Waals surface area contributed by atoms with Crippen LogP contribution < -0.4 is 5.31 Å². The van der Waals surface area contributed by atoms with Gasteiger partial charge < -0.3 is 10.0 Å². The molecule has 2 heteroatoms. The van der Waals surface area contributed by atoms with Crippen molar-refractivity contribution >= 4 is 0 Å². The number of hydrogen-bond donors (Lipinski definition) is 1. The molecule has 1 N–H and O–H groups in total. The minimum Gasteiger partial charge on any atom is -0.374 e. The highest BCUT2D eigenvalue weighted by Crippen LogP contribution is 2.30. The summed E-state index contributed by atoms with van der Waals surface area (Å²) in [7, 11) is 0. The summed E-state index contributed by atoms with van der Waals surface area (Å²) < 4.78 is 13.0. The lowest BCUT2D eigenvalue weighted by Crippen LogP contribution is -2.29. The van der Waals surface area contributed by atoms with Crippen LogP contribution in [-0.2, 0) is 4.74 Å². The van der Waals surface area contributed by atoms with Gasteiger partial charge in [0.25, 0.3) is 0 Å². The molecule has 0 aromatic heterocycles. The van der Waals surface area contributed by atoms with E-state index in [-0.39, 0.29) is 5.60 Å². The van der Waals surface area contributed by atoms with Crippen LogP contribution in [0.1, 0.15) is 19.3 Å². The molecule has 1 unspecified atom stereocenters. The number of ether oxygens (including phenoxy) is 1. The summed E-state index contributed by atoms with van der Waals surface area (Å²) in [5.74, 6) is 0. The minimum absolute atomic E-state index is 0.0990. The normalized spacial score (nSPS) is 46.4. The molecule has 9 heavy (non-hydrogen) atoms. The fourth-order valence-corrected chi connectivity index (χ4v) is 1.72. The van der Waals surface area contributed by atoms with E-state index in [1.165, 1.54) is 12.8 Å². The van der Waals surface area contributed by atoms with E-state index >= 15 is 0 Å². The molecule has 2 heterocycles. The molecule has 0 aromatic rings. The molecule has 2 rings (SSSR count). The first-order valence-electron chi connectivity index (χ1n) is 4.13. The molecular weight excluding hydrogens is 114 g/mol. The van der Waals surface area contributed by atoms with E-state index in [0.717, 1.165) is 26.1 Å². The lowest BCUT2D eigenvalue weighted by atomic mass is 10.00. The molecule has 0 radical (unpaired) electrons. The van der Waals surface area contributed by atoms with Crippen molar-refractivity contribution < 1.29 is 6.15 Å². The average Bonchev–Trinajstić information content (AvgIpc) is 2.46. The summed E-state index contributed by atoms with van der Waals surface area (Å²) in [5.41, 5.74) is 0.0990. The highest BCUT2D eigenvalue weighted by atomic mass is 16.5. The highest BCUT2D eigenvalue weighted by Gasteiger charge is 2.37. The smallest absolute Gasteiger partial charge is 0.122 e. The van der Waals surface area contributed by atoms with E-state index in [9.17, 15) is 0 Å². The summed E-state index contributed by atoms with van der Waals surface area (Å²) >= 11 is 0. The molecule has 0 bridgehead atoms. The summed E-state index contributed by atoms with van der Waals surface area (Å²) in [5, 5.41) is 1.62. The van der Waals surface area contributed by atoms with Gasteiger partial charge in [-0.05, 0) is 25.8 Å². The lowest BCUT2D eigenvalue weighted by molar-refractivity contribution is 0.0217. The second-order valence-corrected chi connectivity index (χ2v) is 2.99. The largest absolute Gasteiger partial charge is 0.374 e. The van der Waals surface area contributed by atoms with E-state index in [4.69, 9.17) is 6.15 Å². The summed E-state index contributed by atoms with van der Waals surface area (Å²) in [6.07, 6.45) is 3.42. The molecule has 1 spiro atoms. The van der Waals surface area contributed by atoms with E-state index in [0.29, 0.717) is 0 Å². The molecule has 2 saturated heterocycles. The second-order valence-electron chi connectivity index (χ2n) is 2.99. The van der Waals surface area contributed by atoms with Crippen LogP contribution in [0, 0.1) is 0 Å². The van der Waals surface area contributed by atoms with Crippen LogP contribution >= 0.6 is 0 Å². The fraction of sp³-hybridized carbons (Fsp3) is 1.00. The van der Waals surface area contributed by atoms with Crippen molar-refractivity contribution in [3.63, 3.8) is 0 Å². The first-order chi connectivity index (χ1) is 4.81. The van der Waals surface area contributed by atoms with E-state index in [1.807, 2.05) is 0 Å². The molecular formula is C7H13NO. The topological polar surface area (TPSA) is 21.3 Å². The van der Waals surface area contributed by atoms with Gasteiger partial charge in [-0.2, -0.15) is 0 Å². The lowest BCUT2D eigenvalue weighted by Gasteiger charge is -2.19. The summed E-state index contributed by atoms with van der Waals surface area (Å²) in [6.45, 7) is 2.63. The van der Waals surface area contributed by atoms with E-state index in [1.54, 1.807) is 5.31 Å². The molecule has 2 nitrogen and oxygen atoms in total. The Bertz CT molecular complexity index is 134. The maximum Gasteiger partial charge on any atom is 0.122 e. The van der Waals surface area contributed by atoms with E-state index < -0.39 is 0 Å². The number of rotatable bonds is 0. The van der Waals surface area contributed by atoms with Gasteiger partial charge in [0, 0.05) is 13.2 Å². The van der Waals surface area contributed by atoms with Gasteiger partial charge >= 0.3 is 0 Å². The van der Waals surface area contributed by atoms with Gasteiger partial charge in [0.1, 0.15) is 1.41 Å².